The molecule has 1 saturated heterocycles. The molecule has 1 aromatic heterocycles. The number of amides is 1. The fourth-order valence-corrected chi connectivity index (χ4v) is 4.22. The molecule has 2 heterocycles. The van der Waals surface area contributed by atoms with E-state index in [4.69, 9.17) is 0 Å². The zero-order valence-electron chi connectivity index (χ0n) is 15.1. The third-order valence-electron chi connectivity index (χ3n) is 4.81. The molecule has 140 valence electrons. The molecule has 1 fully saturated rings. The van der Waals surface area contributed by atoms with Crippen LogP contribution in [0.3, 0.4) is 0 Å². The molecule has 1 amide bonds. The van der Waals surface area contributed by atoms with E-state index >= 15 is 0 Å². The van der Waals surface area contributed by atoms with Crippen molar-refractivity contribution in [3.8, 4) is 0 Å². The molecule has 0 saturated carbocycles. The molecular formula is C20H21FN4OS. The highest BCUT2D eigenvalue weighted by Gasteiger charge is 2.24. The molecular weight excluding hydrogens is 363 g/mol. The molecule has 0 unspecified atom stereocenters. The van der Waals surface area contributed by atoms with Gasteiger partial charge in [-0.2, -0.15) is 0 Å². The molecule has 0 radical (unpaired) electrons. The second-order valence-corrected chi connectivity index (χ2v) is 7.65. The highest BCUT2D eigenvalue weighted by molar-refractivity contribution is 7.22. The topological polar surface area (TPSA) is 39.7 Å². The molecule has 0 aliphatic carbocycles. The van der Waals surface area contributed by atoms with Gasteiger partial charge in [-0.15, -0.1) is 0 Å². The molecule has 2 aromatic carbocycles. The van der Waals surface area contributed by atoms with E-state index in [-0.39, 0.29) is 11.7 Å². The van der Waals surface area contributed by atoms with Gasteiger partial charge in [0.05, 0.1) is 22.4 Å². The van der Waals surface area contributed by atoms with Crippen LogP contribution in [0.25, 0.3) is 10.2 Å². The minimum Gasteiger partial charge on any atom is -0.366 e. The summed E-state index contributed by atoms with van der Waals surface area (Å²) in [5.74, 6) is -0.141. The summed E-state index contributed by atoms with van der Waals surface area (Å²) in [4.78, 5) is 23.0. The number of nitrogens with zero attached hydrogens (tertiary/aromatic N) is 4. The SMILES string of the molecule is CN(CC(=O)N1CCN(c2ccccc2F)CC1)c1nc2ccccc2s1. The maximum atomic E-state index is 13.9. The molecule has 1 aliphatic rings. The summed E-state index contributed by atoms with van der Waals surface area (Å²) in [5.41, 5.74) is 1.56. The number of carbonyl (C=O) groups is 1. The zero-order chi connectivity index (χ0) is 18.8. The van der Waals surface area contributed by atoms with E-state index in [0.29, 0.717) is 38.4 Å². The van der Waals surface area contributed by atoms with Crippen LogP contribution in [0.1, 0.15) is 0 Å². The molecule has 0 N–H and O–H groups in total. The predicted molar refractivity (Wildman–Crippen MR) is 108 cm³/mol. The van der Waals surface area contributed by atoms with Crippen LogP contribution in [-0.2, 0) is 4.79 Å². The van der Waals surface area contributed by atoms with Crippen LogP contribution in [0, 0.1) is 5.82 Å². The van der Waals surface area contributed by atoms with Gasteiger partial charge < -0.3 is 14.7 Å². The van der Waals surface area contributed by atoms with Crippen LogP contribution in [0.4, 0.5) is 15.2 Å². The van der Waals surface area contributed by atoms with Gasteiger partial charge in [-0.05, 0) is 24.3 Å². The molecule has 0 bridgehead atoms. The number of aromatic nitrogens is 1. The Bertz CT molecular complexity index is 919. The Hall–Kier alpha value is -2.67. The number of thiazole rings is 1. The Morgan fingerprint density at radius 2 is 1.81 bits per heavy atom. The molecule has 27 heavy (non-hydrogen) atoms. The van der Waals surface area contributed by atoms with E-state index in [9.17, 15) is 9.18 Å². The first-order valence-electron chi connectivity index (χ1n) is 8.96. The number of anilines is 2. The van der Waals surface area contributed by atoms with Crippen molar-refractivity contribution in [1.29, 1.82) is 0 Å². The zero-order valence-corrected chi connectivity index (χ0v) is 16.0. The fraction of sp³-hybridized carbons (Fsp3) is 0.300. The van der Waals surface area contributed by atoms with Gasteiger partial charge in [0.2, 0.25) is 5.91 Å². The van der Waals surface area contributed by atoms with Gasteiger partial charge in [0.25, 0.3) is 0 Å². The van der Waals surface area contributed by atoms with Crippen molar-refractivity contribution >= 4 is 38.3 Å². The van der Waals surface area contributed by atoms with Crippen molar-refractivity contribution in [3.63, 3.8) is 0 Å². The van der Waals surface area contributed by atoms with Crippen LogP contribution in [0.5, 0.6) is 0 Å². The first kappa shape index (κ1) is 17.7. The third kappa shape index (κ3) is 3.73. The average Bonchev–Trinajstić information content (AvgIpc) is 3.13. The van der Waals surface area contributed by atoms with Crippen molar-refractivity contribution in [1.82, 2.24) is 9.88 Å². The monoisotopic (exact) mass is 384 g/mol. The van der Waals surface area contributed by atoms with Crippen LogP contribution in [0.2, 0.25) is 0 Å². The molecule has 0 atom stereocenters. The van der Waals surface area contributed by atoms with Gasteiger partial charge in [-0.25, -0.2) is 9.37 Å². The Balaban J connectivity index is 1.36. The lowest BCUT2D eigenvalue weighted by atomic mass is 10.2. The van der Waals surface area contributed by atoms with Gasteiger partial charge in [-0.3, -0.25) is 4.79 Å². The van der Waals surface area contributed by atoms with E-state index in [1.54, 1.807) is 23.5 Å². The van der Waals surface area contributed by atoms with E-state index < -0.39 is 0 Å². The summed E-state index contributed by atoms with van der Waals surface area (Å²) < 4.78 is 15.1. The first-order valence-corrected chi connectivity index (χ1v) is 9.77. The fourth-order valence-electron chi connectivity index (χ4n) is 3.30. The highest BCUT2D eigenvalue weighted by Crippen LogP contribution is 2.27. The lowest BCUT2D eigenvalue weighted by Gasteiger charge is -2.36. The van der Waals surface area contributed by atoms with Crippen molar-refractivity contribution in [2.75, 3.05) is 49.6 Å². The number of rotatable bonds is 4. The van der Waals surface area contributed by atoms with Crippen molar-refractivity contribution in [3.05, 3.63) is 54.3 Å². The summed E-state index contributed by atoms with van der Waals surface area (Å²) in [6.45, 7) is 2.76. The number of piperazine rings is 1. The summed E-state index contributed by atoms with van der Waals surface area (Å²) in [6.07, 6.45) is 0. The highest BCUT2D eigenvalue weighted by atomic mass is 32.1. The Morgan fingerprint density at radius 1 is 1.11 bits per heavy atom. The van der Waals surface area contributed by atoms with E-state index in [1.807, 2.05) is 52.1 Å². The number of carbonyl (C=O) groups excluding carboxylic acids is 1. The number of hydrogen-bond acceptors (Lipinski definition) is 5. The van der Waals surface area contributed by atoms with Crippen LogP contribution >= 0.6 is 11.3 Å². The Kier molecular flexibility index (Phi) is 4.94. The average molecular weight is 384 g/mol. The van der Waals surface area contributed by atoms with Crippen LogP contribution < -0.4 is 9.80 Å². The number of benzene rings is 2. The van der Waals surface area contributed by atoms with Gasteiger partial charge in [0.1, 0.15) is 5.82 Å². The second-order valence-electron chi connectivity index (χ2n) is 6.64. The van der Waals surface area contributed by atoms with Gasteiger partial charge in [0, 0.05) is 33.2 Å². The molecule has 0 spiro atoms. The summed E-state index contributed by atoms with van der Waals surface area (Å²) in [6, 6.07) is 14.8. The maximum absolute atomic E-state index is 13.9. The first-order chi connectivity index (χ1) is 13.1. The smallest absolute Gasteiger partial charge is 0.242 e. The Morgan fingerprint density at radius 3 is 2.56 bits per heavy atom. The van der Waals surface area contributed by atoms with Gasteiger partial charge in [-0.1, -0.05) is 35.6 Å². The molecule has 1 aliphatic heterocycles. The maximum Gasteiger partial charge on any atom is 0.242 e. The predicted octanol–water partition coefficient (Wildman–Crippen LogP) is 3.22. The van der Waals surface area contributed by atoms with Crippen molar-refractivity contribution in [2.45, 2.75) is 0 Å². The molecule has 4 rings (SSSR count). The molecule has 5 nitrogen and oxygen atoms in total. The van der Waals surface area contributed by atoms with Gasteiger partial charge in [0.15, 0.2) is 5.13 Å². The molecule has 7 heteroatoms. The van der Waals surface area contributed by atoms with E-state index in [0.717, 1.165) is 15.3 Å². The number of likely N-dealkylation sites (N-methyl/N-ethyl adjacent to an activating group) is 1. The number of hydrogen-bond donors (Lipinski definition) is 0. The minimum atomic E-state index is -0.215. The minimum absolute atomic E-state index is 0.0740. The largest absolute Gasteiger partial charge is 0.366 e. The number of halogens is 1. The van der Waals surface area contributed by atoms with Gasteiger partial charge >= 0.3 is 0 Å². The molecule has 3 aromatic rings. The van der Waals surface area contributed by atoms with Crippen LogP contribution in [-0.4, -0.2) is 55.6 Å². The lowest BCUT2D eigenvalue weighted by molar-refractivity contribution is -0.129. The third-order valence-corrected chi connectivity index (χ3v) is 5.96. The van der Waals surface area contributed by atoms with Crippen LogP contribution in [0.15, 0.2) is 48.5 Å². The standard InChI is InChI=1S/C20H21FN4OS/c1-23(20-22-16-7-3-5-9-18(16)27-20)14-19(26)25-12-10-24(11-13-25)17-8-4-2-6-15(17)21/h2-9H,10-14H2,1H3. The number of fused-ring (bicyclic) bond motifs is 1. The Labute approximate surface area is 161 Å². The van der Waals surface area contributed by atoms with Crippen molar-refractivity contribution < 1.29 is 9.18 Å². The lowest BCUT2D eigenvalue weighted by Crippen LogP contribution is -2.51. The normalized spacial score (nSPS) is 14.6. The van der Waals surface area contributed by atoms with Crippen molar-refractivity contribution in [2.24, 2.45) is 0 Å². The second kappa shape index (κ2) is 7.52. The van der Waals surface area contributed by atoms with E-state index in [1.165, 1.54) is 6.07 Å². The summed E-state index contributed by atoms with van der Waals surface area (Å²) >= 11 is 1.59. The summed E-state index contributed by atoms with van der Waals surface area (Å²) in [7, 11) is 1.89. The quantitative estimate of drug-likeness (QED) is 0.693. The summed E-state index contributed by atoms with van der Waals surface area (Å²) in [5, 5.41) is 0.842. The van der Waals surface area contributed by atoms with E-state index in [2.05, 4.69) is 4.98 Å². The number of para-hydroxylation sites is 2.